The number of guanidine groups is 1. The summed E-state index contributed by atoms with van der Waals surface area (Å²) in [6.07, 6.45) is -7.23. The summed E-state index contributed by atoms with van der Waals surface area (Å²) >= 11 is 0. The second kappa shape index (κ2) is 15.7. The number of rotatable bonds is 11. The third-order valence-corrected chi connectivity index (χ3v) is 11.3. The quantitative estimate of drug-likeness (QED) is 0.0907. The number of aliphatic hydroxyl groups excluding tert-OH is 4. The lowest BCUT2D eigenvalue weighted by Gasteiger charge is -2.48. The highest BCUT2D eigenvalue weighted by Crippen LogP contribution is 2.46. The Morgan fingerprint density at radius 1 is 0.931 bits per heavy atom. The first-order valence-corrected chi connectivity index (χ1v) is 19.1. The van der Waals surface area contributed by atoms with Gasteiger partial charge in [0.25, 0.3) is 11.7 Å². The lowest BCUT2D eigenvalue weighted by molar-refractivity contribution is -0.723. The summed E-state index contributed by atoms with van der Waals surface area (Å²) in [5.74, 6) is -2.35. The van der Waals surface area contributed by atoms with Crippen LogP contribution in [0.3, 0.4) is 0 Å². The molecule has 2 aliphatic carbocycles. The number of nitrogens with zero attached hydrogens (tertiary/aromatic N) is 2. The number of benzene rings is 3. The predicted octanol–water partition coefficient (Wildman–Crippen LogP) is -0.345. The van der Waals surface area contributed by atoms with Crippen molar-refractivity contribution in [3.8, 4) is 11.5 Å². The van der Waals surface area contributed by atoms with E-state index in [-0.39, 0.29) is 89.2 Å². The van der Waals surface area contributed by atoms with Crippen LogP contribution in [-0.2, 0) is 20.7 Å². The number of ketones is 2. The SMILES string of the molecule is N=C1N=C2C(=NC[NH+]2c2ccccc2Cc2cc3c(c(OCC(O)CC=O)c2OC2OC(C4(O)CCCCC4)C(O)C(O)C2O)C(=O)c2ccccc2C3=O)C(=O)N1. The molecule has 0 bridgehead atoms. The molecule has 1 saturated heterocycles. The van der Waals surface area contributed by atoms with Gasteiger partial charge in [-0.3, -0.25) is 25.1 Å². The van der Waals surface area contributed by atoms with Gasteiger partial charge in [-0.15, -0.1) is 0 Å². The van der Waals surface area contributed by atoms with E-state index in [1.165, 1.54) is 18.2 Å². The molecule has 7 atom stereocenters. The molecule has 2 fully saturated rings. The zero-order chi connectivity index (χ0) is 40.9. The molecule has 3 aromatic carbocycles. The highest BCUT2D eigenvalue weighted by molar-refractivity contribution is 6.68. The molecule has 1 amide bonds. The molecule has 3 aliphatic heterocycles. The van der Waals surface area contributed by atoms with Gasteiger partial charge in [-0.05, 0) is 25.0 Å². The summed E-state index contributed by atoms with van der Waals surface area (Å²) in [5, 5.41) is 66.3. The first kappa shape index (κ1) is 39.3. The minimum Gasteiger partial charge on any atom is -0.486 e. The number of amidine groups is 1. The van der Waals surface area contributed by atoms with Crippen LogP contribution in [0.1, 0.15) is 81.5 Å². The highest BCUT2D eigenvalue weighted by atomic mass is 16.7. The van der Waals surface area contributed by atoms with Gasteiger partial charge in [-0.1, -0.05) is 61.7 Å². The number of quaternary nitrogens is 1. The number of aliphatic hydroxyl groups is 5. The van der Waals surface area contributed by atoms with Crippen LogP contribution in [0.25, 0.3) is 0 Å². The van der Waals surface area contributed by atoms with Crippen molar-refractivity contribution in [2.75, 3.05) is 13.3 Å². The Balaban J connectivity index is 1.28. The summed E-state index contributed by atoms with van der Waals surface area (Å²) in [4.78, 5) is 61.8. The summed E-state index contributed by atoms with van der Waals surface area (Å²) in [6.45, 7) is -0.465. The van der Waals surface area contributed by atoms with E-state index in [9.17, 15) is 44.7 Å². The summed E-state index contributed by atoms with van der Waals surface area (Å²) in [6, 6.07) is 14.8. The number of aldehydes is 1. The molecule has 0 radical (unpaired) electrons. The van der Waals surface area contributed by atoms with E-state index in [1.54, 1.807) is 36.4 Å². The van der Waals surface area contributed by atoms with Crippen molar-refractivity contribution >= 4 is 47.0 Å². The fourth-order valence-electron chi connectivity index (χ4n) is 8.41. The van der Waals surface area contributed by atoms with Crippen LogP contribution < -0.4 is 19.7 Å². The maximum atomic E-state index is 14.4. The summed E-state index contributed by atoms with van der Waals surface area (Å²) in [5.41, 5.74) is -0.156. The third kappa shape index (κ3) is 6.93. The lowest BCUT2D eigenvalue weighted by Crippen LogP contribution is -3.09. The molecular formula is C41H42N5O12+. The normalized spacial score (nSPS) is 26.7. The van der Waals surface area contributed by atoms with E-state index in [4.69, 9.17) is 19.6 Å². The van der Waals surface area contributed by atoms with Crippen molar-refractivity contribution < 1.29 is 63.8 Å². The number of hydrogen-bond donors (Lipinski definition) is 8. The van der Waals surface area contributed by atoms with E-state index < -0.39 is 66.5 Å². The zero-order valence-corrected chi connectivity index (χ0v) is 31.1. The van der Waals surface area contributed by atoms with E-state index in [0.717, 1.165) is 6.42 Å². The number of ether oxygens (including phenoxy) is 3. The third-order valence-electron chi connectivity index (χ3n) is 11.3. The fraction of sp³-hybridized carbons (Fsp3) is 0.390. The van der Waals surface area contributed by atoms with Gasteiger partial charge in [-0.25, -0.2) is 9.89 Å². The van der Waals surface area contributed by atoms with Gasteiger partial charge in [0.15, 0.2) is 29.7 Å². The van der Waals surface area contributed by atoms with Crippen molar-refractivity contribution in [1.29, 1.82) is 5.41 Å². The molecule has 58 heavy (non-hydrogen) atoms. The van der Waals surface area contributed by atoms with Crippen LogP contribution in [0.4, 0.5) is 5.69 Å². The van der Waals surface area contributed by atoms with Crippen molar-refractivity contribution in [3.63, 3.8) is 0 Å². The van der Waals surface area contributed by atoms with Crippen LogP contribution in [0.5, 0.6) is 11.5 Å². The van der Waals surface area contributed by atoms with Crippen LogP contribution in [0.2, 0.25) is 0 Å². The van der Waals surface area contributed by atoms with E-state index in [1.807, 2.05) is 0 Å². The monoisotopic (exact) mass is 796 g/mol. The van der Waals surface area contributed by atoms with Gasteiger partial charge >= 0.3 is 0 Å². The molecule has 5 aliphatic rings. The maximum absolute atomic E-state index is 14.4. The molecule has 8 rings (SSSR count). The number of para-hydroxylation sites is 1. The molecule has 8 N–H and O–H groups in total. The Hall–Kier alpha value is -5.53. The van der Waals surface area contributed by atoms with Crippen molar-refractivity contribution in [2.45, 2.75) is 87.4 Å². The average molecular weight is 797 g/mol. The Morgan fingerprint density at radius 3 is 2.38 bits per heavy atom. The lowest BCUT2D eigenvalue weighted by atomic mass is 9.76. The number of fused-ring (bicyclic) bond motifs is 3. The van der Waals surface area contributed by atoms with Crippen LogP contribution in [0, 0.1) is 5.41 Å². The number of hydrogen-bond acceptors (Lipinski definition) is 14. The molecule has 1 saturated carbocycles. The molecule has 17 nitrogen and oxygen atoms in total. The van der Waals surface area contributed by atoms with Crippen LogP contribution >= 0.6 is 0 Å². The standard InChI is InChI=1S/C41H41N5O12/c42-40-44-37-28(38(54)45-40)43-19-46(37)26-11-5-2-8-20(26)16-21-17-25-27(30(50)24-10-4-3-9-23(24)29(25)49)35(56-18-22(48)12-15-47)34(21)57-39-33(53)31(51)32(52)36(58-39)41(55)13-6-1-7-14-41/h2-5,8-11,15,17,22,31-33,36,39,48,51-53,55H,1,6-7,12-14,16,18-19H2,(H2,42,45,54)/p+1. The topological polar surface area (TPSA) is 262 Å². The van der Waals surface area contributed by atoms with Gasteiger partial charge in [0.05, 0.1) is 17.3 Å². The largest absolute Gasteiger partial charge is 0.486 e. The van der Waals surface area contributed by atoms with Gasteiger partial charge in [-0.2, -0.15) is 4.99 Å². The summed E-state index contributed by atoms with van der Waals surface area (Å²) < 4.78 is 18.8. The maximum Gasteiger partial charge on any atom is 0.284 e. The summed E-state index contributed by atoms with van der Waals surface area (Å²) in [7, 11) is 0. The Labute approximate surface area is 331 Å². The van der Waals surface area contributed by atoms with Gasteiger partial charge < -0.3 is 44.5 Å². The average Bonchev–Trinajstić information content (AvgIpc) is 3.64. The molecule has 3 heterocycles. The minimum absolute atomic E-state index is 0.0562. The van der Waals surface area contributed by atoms with Crippen molar-refractivity contribution in [3.05, 3.63) is 88.0 Å². The zero-order valence-electron chi connectivity index (χ0n) is 31.1. The molecule has 17 heteroatoms. The molecule has 0 aromatic heterocycles. The first-order valence-electron chi connectivity index (χ1n) is 19.1. The van der Waals surface area contributed by atoms with Gasteiger partial charge in [0.2, 0.25) is 18.0 Å². The predicted molar refractivity (Wildman–Crippen MR) is 203 cm³/mol. The van der Waals surface area contributed by atoms with Crippen molar-refractivity contribution in [1.82, 2.24) is 5.32 Å². The Bertz CT molecular complexity index is 2270. The fourth-order valence-corrected chi connectivity index (χ4v) is 8.41. The molecule has 7 unspecified atom stereocenters. The molecular weight excluding hydrogens is 754 g/mol. The Morgan fingerprint density at radius 2 is 1.64 bits per heavy atom. The second-order valence-corrected chi connectivity index (χ2v) is 15.1. The first-order chi connectivity index (χ1) is 27.9. The molecule has 302 valence electrons. The number of nitrogens with one attached hydrogen (secondary N) is 3. The van der Waals surface area contributed by atoms with Gasteiger partial charge in [0, 0.05) is 40.7 Å². The Kier molecular flexibility index (Phi) is 10.6. The number of amides is 1. The highest BCUT2D eigenvalue weighted by Gasteiger charge is 2.54. The minimum atomic E-state index is -1.89. The number of aliphatic imine (C=N–C) groups is 2. The van der Waals surface area contributed by atoms with E-state index in [0.29, 0.717) is 35.3 Å². The van der Waals surface area contributed by atoms with Gasteiger partial charge in [0.1, 0.15) is 43.0 Å². The smallest absolute Gasteiger partial charge is 0.284 e. The van der Waals surface area contributed by atoms with E-state index >= 15 is 0 Å². The second-order valence-electron chi connectivity index (χ2n) is 15.1. The van der Waals surface area contributed by atoms with Crippen LogP contribution in [0.15, 0.2) is 64.6 Å². The van der Waals surface area contributed by atoms with E-state index in [2.05, 4.69) is 15.3 Å². The molecule has 0 spiro atoms. The molecule has 3 aromatic rings. The van der Waals surface area contributed by atoms with Crippen LogP contribution in [-0.4, -0.2) is 122 Å². The number of carbonyl (C=O) groups is 4. The van der Waals surface area contributed by atoms with Crippen molar-refractivity contribution in [2.24, 2.45) is 9.98 Å². The number of carbonyl (C=O) groups excluding carboxylic acids is 4.